The first-order valence-corrected chi connectivity index (χ1v) is 7.77. The largest absolute Gasteiger partial charge is 0.472 e. The van der Waals surface area contributed by atoms with Crippen molar-refractivity contribution in [3.05, 3.63) is 57.5 Å². The van der Waals surface area contributed by atoms with Crippen LogP contribution in [0.2, 0.25) is 0 Å². The number of ether oxygens (including phenoxy) is 1. The molecule has 0 aliphatic carbocycles. The van der Waals surface area contributed by atoms with Gasteiger partial charge >= 0.3 is 5.69 Å². The second-order valence-corrected chi connectivity index (χ2v) is 5.59. The number of carbonyl (C=O) groups is 1. The third kappa shape index (κ3) is 3.89. The fourth-order valence-electron chi connectivity index (χ4n) is 2.63. The summed E-state index contributed by atoms with van der Waals surface area (Å²) in [5, 5.41) is 0. The number of nitrogens with zero attached hydrogens (tertiary/aromatic N) is 3. The molecule has 1 N–H and O–H groups in total. The SMILES string of the molecule is O=C(CCn1ccc(=O)[nH]c1=O)N1CCC(Oc2ccccn2)C1. The Bertz CT molecular complexity index is 815. The van der Waals surface area contributed by atoms with Crippen molar-refractivity contribution >= 4 is 5.91 Å². The van der Waals surface area contributed by atoms with Gasteiger partial charge in [-0.1, -0.05) is 6.07 Å². The standard InChI is InChI=1S/C16H18N4O4/c21-13-5-9-19(16(23)18-13)10-6-15(22)20-8-4-12(11-20)24-14-3-1-2-7-17-14/h1-3,5,7,9,12H,4,6,8,10-11H2,(H,18,21,23). The number of aromatic nitrogens is 3. The van der Waals surface area contributed by atoms with Crippen molar-refractivity contribution in [3.63, 3.8) is 0 Å². The second-order valence-electron chi connectivity index (χ2n) is 5.59. The molecule has 1 saturated heterocycles. The third-order valence-corrected chi connectivity index (χ3v) is 3.89. The molecule has 8 nitrogen and oxygen atoms in total. The smallest absolute Gasteiger partial charge is 0.328 e. The van der Waals surface area contributed by atoms with Gasteiger partial charge in [0, 0.05) is 50.5 Å². The molecule has 0 saturated carbocycles. The molecular formula is C16H18N4O4. The van der Waals surface area contributed by atoms with Crippen LogP contribution in [0.1, 0.15) is 12.8 Å². The lowest BCUT2D eigenvalue weighted by Crippen LogP contribution is -2.34. The summed E-state index contributed by atoms with van der Waals surface area (Å²) in [7, 11) is 0. The number of aromatic amines is 1. The van der Waals surface area contributed by atoms with Crippen LogP contribution in [0.25, 0.3) is 0 Å². The number of hydrogen-bond donors (Lipinski definition) is 1. The molecule has 3 rings (SSSR count). The van der Waals surface area contributed by atoms with Crippen molar-refractivity contribution in [1.82, 2.24) is 19.4 Å². The van der Waals surface area contributed by atoms with Crippen LogP contribution < -0.4 is 16.0 Å². The van der Waals surface area contributed by atoms with Gasteiger partial charge in [0.15, 0.2) is 0 Å². The summed E-state index contributed by atoms with van der Waals surface area (Å²) in [5.41, 5.74) is -0.954. The van der Waals surface area contributed by atoms with Crippen molar-refractivity contribution in [2.75, 3.05) is 13.1 Å². The minimum absolute atomic E-state index is 0.0415. The normalized spacial score (nSPS) is 17.0. The first-order chi connectivity index (χ1) is 11.6. The van der Waals surface area contributed by atoms with Crippen molar-refractivity contribution in [2.45, 2.75) is 25.5 Å². The van der Waals surface area contributed by atoms with Gasteiger partial charge in [0.25, 0.3) is 5.56 Å². The van der Waals surface area contributed by atoms with Crippen LogP contribution in [0.4, 0.5) is 0 Å². The van der Waals surface area contributed by atoms with Gasteiger partial charge in [0.1, 0.15) is 6.10 Å². The lowest BCUT2D eigenvalue weighted by molar-refractivity contribution is -0.130. The van der Waals surface area contributed by atoms with Gasteiger partial charge in [-0.15, -0.1) is 0 Å². The zero-order valence-electron chi connectivity index (χ0n) is 13.1. The quantitative estimate of drug-likeness (QED) is 0.832. The summed E-state index contributed by atoms with van der Waals surface area (Å²) in [5.74, 6) is 0.511. The summed E-state index contributed by atoms with van der Waals surface area (Å²) < 4.78 is 7.07. The topological polar surface area (TPSA) is 97.3 Å². The predicted octanol–water partition coefficient (Wildman–Crippen LogP) is 0.00160. The number of rotatable bonds is 5. The Kier molecular flexibility index (Phi) is 4.74. The zero-order chi connectivity index (χ0) is 16.9. The maximum absolute atomic E-state index is 12.3. The van der Waals surface area contributed by atoms with E-state index < -0.39 is 11.2 Å². The molecule has 1 atom stereocenters. The van der Waals surface area contributed by atoms with Crippen LogP contribution in [0, 0.1) is 0 Å². The number of carbonyl (C=O) groups excluding carboxylic acids is 1. The van der Waals surface area contributed by atoms with Gasteiger partial charge < -0.3 is 14.2 Å². The summed E-state index contributed by atoms with van der Waals surface area (Å²) in [6, 6.07) is 6.71. The molecule has 1 unspecified atom stereocenters. The van der Waals surface area contributed by atoms with E-state index in [2.05, 4.69) is 9.97 Å². The van der Waals surface area contributed by atoms with E-state index in [1.807, 2.05) is 12.1 Å². The highest BCUT2D eigenvalue weighted by molar-refractivity contribution is 5.76. The average Bonchev–Trinajstić information content (AvgIpc) is 3.03. The minimum atomic E-state index is -0.506. The first kappa shape index (κ1) is 16.0. The Morgan fingerprint density at radius 1 is 1.33 bits per heavy atom. The number of pyridine rings is 1. The first-order valence-electron chi connectivity index (χ1n) is 7.77. The zero-order valence-corrected chi connectivity index (χ0v) is 13.1. The fourth-order valence-corrected chi connectivity index (χ4v) is 2.63. The number of amides is 1. The Morgan fingerprint density at radius 2 is 2.21 bits per heavy atom. The van der Waals surface area contributed by atoms with Gasteiger partial charge in [-0.3, -0.25) is 14.6 Å². The molecule has 24 heavy (non-hydrogen) atoms. The number of likely N-dealkylation sites (tertiary alicyclic amines) is 1. The van der Waals surface area contributed by atoms with E-state index in [0.29, 0.717) is 19.0 Å². The van der Waals surface area contributed by atoms with E-state index in [-0.39, 0.29) is 25.0 Å². The minimum Gasteiger partial charge on any atom is -0.472 e. The van der Waals surface area contributed by atoms with E-state index in [1.54, 1.807) is 17.2 Å². The molecule has 0 spiro atoms. The van der Waals surface area contributed by atoms with Crippen molar-refractivity contribution in [1.29, 1.82) is 0 Å². The maximum atomic E-state index is 12.3. The van der Waals surface area contributed by atoms with E-state index >= 15 is 0 Å². The van der Waals surface area contributed by atoms with Gasteiger partial charge in [0.05, 0.1) is 6.54 Å². The van der Waals surface area contributed by atoms with Crippen LogP contribution in [0.15, 0.2) is 46.2 Å². The van der Waals surface area contributed by atoms with Crippen LogP contribution in [-0.4, -0.2) is 44.5 Å². The van der Waals surface area contributed by atoms with Crippen LogP contribution in [0.5, 0.6) is 5.88 Å². The molecule has 1 fully saturated rings. The van der Waals surface area contributed by atoms with Crippen molar-refractivity contribution < 1.29 is 9.53 Å². The molecule has 2 aromatic heterocycles. The molecule has 8 heteroatoms. The monoisotopic (exact) mass is 330 g/mol. The summed E-state index contributed by atoms with van der Waals surface area (Å²) >= 11 is 0. The van der Waals surface area contributed by atoms with E-state index in [0.717, 1.165) is 6.42 Å². The lowest BCUT2D eigenvalue weighted by Gasteiger charge is -2.17. The summed E-state index contributed by atoms with van der Waals surface area (Å²) in [4.78, 5) is 42.9. The van der Waals surface area contributed by atoms with Crippen LogP contribution in [-0.2, 0) is 11.3 Å². The molecule has 0 aromatic carbocycles. The molecular weight excluding hydrogens is 312 g/mol. The van der Waals surface area contributed by atoms with Crippen LogP contribution in [0.3, 0.4) is 0 Å². The van der Waals surface area contributed by atoms with Crippen molar-refractivity contribution in [3.8, 4) is 5.88 Å². The third-order valence-electron chi connectivity index (χ3n) is 3.89. The van der Waals surface area contributed by atoms with E-state index in [4.69, 9.17) is 4.74 Å². The highest BCUT2D eigenvalue weighted by Gasteiger charge is 2.27. The summed E-state index contributed by atoms with van der Waals surface area (Å²) in [6.07, 6.45) is 3.93. The number of aryl methyl sites for hydroxylation is 1. The van der Waals surface area contributed by atoms with Gasteiger partial charge in [0.2, 0.25) is 11.8 Å². The Hall–Kier alpha value is -2.90. The number of nitrogens with one attached hydrogen (secondary N) is 1. The summed E-state index contributed by atoms with van der Waals surface area (Å²) in [6.45, 7) is 1.36. The molecule has 0 bridgehead atoms. The molecule has 1 aliphatic rings. The van der Waals surface area contributed by atoms with Crippen molar-refractivity contribution in [2.24, 2.45) is 0 Å². The highest BCUT2D eigenvalue weighted by atomic mass is 16.5. The van der Waals surface area contributed by atoms with E-state index in [1.165, 1.54) is 16.8 Å². The van der Waals surface area contributed by atoms with Gasteiger partial charge in [-0.25, -0.2) is 9.78 Å². The lowest BCUT2D eigenvalue weighted by atomic mass is 10.3. The molecule has 1 amide bonds. The molecule has 0 radical (unpaired) electrons. The molecule has 2 aromatic rings. The Balaban J connectivity index is 1.51. The van der Waals surface area contributed by atoms with Gasteiger partial charge in [-0.05, 0) is 6.07 Å². The number of H-pyrrole nitrogens is 1. The van der Waals surface area contributed by atoms with Gasteiger partial charge in [-0.2, -0.15) is 0 Å². The predicted molar refractivity (Wildman–Crippen MR) is 85.8 cm³/mol. The highest BCUT2D eigenvalue weighted by Crippen LogP contribution is 2.16. The Labute approximate surface area is 137 Å². The van der Waals surface area contributed by atoms with E-state index in [9.17, 15) is 14.4 Å². The fraction of sp³-hybridized carbons (Fsp3) is 0.375. The van der Waals surface area contributed by atoms with Crippen LogP contribution >= 0.6 is 0 Å². The maximum Gasteiger partial charge on any atom is 0.328 e. The second kappa shape index (κ2) is 7.12. The molecule has 3 heterocycles. The average molecular weight is 330 g/mol. The Morgan fingerprint density at radius 3 is 2.96 bits per heavy atom. The molecule has 126 valence electrons. The number of hydrogen-bond acceptors (Lipinski definition) is 5. The molecule has 1 aliphatic heterocycles.